The SMILES string of the molecule is CC(C)OC(=O)[C@]12NCCC[C@H]1C(C)(C)OC2=O. The Morgan fingerprint density at radius 2 is 2.17 bits per heavy atom. The van der Waals surface area contributed by atoms with Gasteiger partial charge in [-0.1, -0.05) is 0 Å². The van der Waals surface area contributed by atoms with Gasteiger partial charge in [-0.15, -0.1) is 0 Å². The molecule has 0 saturated carbocycles. The van der Waals surface area contributed by atoms with Crippen LogP contribution in [0.1, 0.15) is 40.5 Å². The summed E-state index contributed by atoms with van der Waals surface area (Å²) in [7, 11) is 0. The Morgan fingerprint density at radius 1 is 1.50 bits per heavy atom. The third-order valence-corrected chi connectivity index (χ3v) is 3.78. The van der Waals surface area contributed by atoms with Crippen molar-refractivity contribution in [2.45, 2.75) is 57.8 Å². The van der Waals surface area contributed by atoms with Gasteiger partial charge in [0.15, 0.2) is 0 Å². The molecule has 18 heavy (non-hydrogen) atoms. The van der Waals surface area contributed by atoms with E-state index in [0.717, 1.165) is 12.8 Å². The zero-order valence-corrected chi connectivity index (χ0v) is 11.4. The van der Waals surface area contributed by atoms with Gasteiger partial charge in [-0.3, -0.25) is 5.32 Å². The number of fused-ring (bicyclic) bond motifs is 1. The number of carbonyl (C=O) groups is 2. The first kappa shape index (κ1) is 13.3. The molecule has 2 fully saturated rings. The largest absolute Gasteiger partial charge is 0.461 e. The number of ether oxygens (including phenoxy) is 2. The molecule has 0 aromatic carbocycles. The van der Waals surface area contributed by atoms with Crippen molar-refractivity contribution in [1.29, 1.82) is 0 Å². The summed E-state index contributed by atoms with van der Waals surface area (Å²) in [6.07, 6.45) is 1.48. The first-order valence-electron chi connectivity index (χ1n) is 6.50. The standard InChI is InChI=1S/C13H21NO4/c1-8(2)17-10(15)13-9(6-5-7-14-13)12(3,4)18-11(13)16/h8-9,14H,5-7H2,1-4H3/t9-,13+/m0/s1. The summed E-state index contributed by atoms with van der Waals surface area (Å²) in [5.74, 6) is -1.17. The van der Waals surface area contributed by atoms with Gasteiger partial charge < -0.3 is 9.47 Å². The number of hydrogen-bond acceptors (Lipinski definition) is 5. The lowest BCUT2D eigenvalue weighted by Crippen LogP contribution is -2.64. The van der Waals surface area contributed by atoms with E-state index in [4.69, 9.17) is 9.47 Å². The van der Waals surface area contributed by atoms with Crippen LogP contribution >= 0.6 is 0 Å². The van der Waals surface area contributed by atoms with Gasteiger partial charge in [-0.2, -0.15) is 0 Å². The van der Waals surface area contributed by atoms with Crippen molar-refractivity contribution in [1.82, 2.24) is 5.32 Å². The Hall–Kier alpha value is -1.10. The van der Waals surface area contributed by atoms with Crippen LogP contribution in [0.15, 0.2) is 0 Å². The number of carbonyl (C=O) groups excluding carboxylic acids is 2. The van der Waals surface area contributed by atoms with Crippen molar-refractivity contribution in [2.75, 3.05) is 6.54 Å². The van der Waals surface area contributed by atoms with Crippen LogP contribution in [-0.4, -0.2) is 35.7 Å². The normalized spacial score (nSPS) is 34.1. The fraction of sp³-hybridized carbons (Fsp3) is 0.846. The van der Waals surface area contributed by atoms with Crippen LogP contribution in [0, 0.1) is 5.92 Å². The summed E-state index contributed by atoms with van der Waals surface area (Å²) in [6.45, 7) is 7.89. The summed E-state index contributed by atoms with van der Waals surface area (Å²) in [6, 6.07) is 0. The van der Waals surface area contributed by atoms with E-state index in [0.29, 0.717) is 6.54 Å². The molecular formula is C13H21NO4. The van der Waals surface area contributed by atoms with Crippen LogP contribution in [0.2, 0.25) is 0 Å². The Kier molecular flexibility index (Phi) is 3.13. The van der Waals surface area contributed by atoms with Crippen LogP contribution in [0.3, 0.4) is 0 Å². The van der Waals surface area contributed by atoms with Crippen LogP contribution in [-0.2, 0) is 19.1 Å². The van der Waals surface area contributed by atoms with E-state index in [2.05, 4.69) is 5.32 Å². The molecule has 0 aromatic heterocycles. The number of esters is 2. The van der Waals surface area contributed by atoms with Gasteiger partial charge in [0.1, 0.15) is 5.60 Å². The monoisotopic (exact) mass is 255 g/mol. The Balaban J connectivity index is 2.36. The minimum atomic E-state index is -1.30. The lowest BCUT2D eigenvalue weighted by atomic mass is 9.72. The molecule has 2 heterocycles. The minimum absolute atomic E-state index is 0.169. The maximum atomic E-state index is 12.3. The molecule has 0 aromatic rings. The van der Waals surface area contributed by atoms with Crippen molar-refractivity contribution in [3.8, 4) is 0 Å². The van der Waals surface area contributed by atoms with Crippen molar-refractivity contribution >= 4 is 11.9 Å². The molecule has 1 N–H and O–H groups in total. The summed E-state index contributed by atoms with van der Waals surface area (Å²) in [5, 5.41) is 3.06. The predicted octanol–water partition coefficient (Wildman–Crippen LogP) is 1.01. The van der Waals surface area contributed by atoms with Gasteiger partial charge in [-0.05, 0) is 47.1 Å². The van der Waals surface area contributed by atoms with E-state index in [1.54, 1.807) is 13.8 Å². The van der Waals surface area contributed by atoms with Gasteiger partial charge in [0.2, 0.25) is 5.54 Å². The Labute approximate surface area is 107 Å². The van der Waals surface area contributed by atoms with E-state index in [1.165, 1.54) is 0 Å². The lowest BCUT2D eigenvalue weighted by Gasteiger charge is -2.38. The second kappa shape index (κ2) is 4.23. The first-order chi connectivity index (χ1) is 8.30. The third kappa shape index (κ3) is 1.81. The molecule has 5 heteroatoms. The zero-order chi connectivity index (χ0) is 13.6. The minimum Gasteiger partial charge on any atom is -0.461 e. The quantitative estimate of drug-likeness (QED) is 0.589. The molecule has 0 spiro atoms. The molecule has 2 aliphatic rings. The van der Waals surface area contributed by atoms with Crippen LogP contribution in [0.4, 0.5) is 0 Å². The summed E-state index contributed by atoms with van der Waals surface area (Å²) < 4.78 is 10.7. The van der Waals surface area contributed by atoms with Crippen molar-refractivity contribution < 1.29 is 19.1 Å². The fourth-order valence-electron chi connectivity index (χ4n) is 3.01. The fourth-order valence-corrected chi connectivity index (χ4v) is 3.01. The van der Waals surface area contributed by atoms with Crippen LogP contribution < -0.4 is 5.32 Å². The summed E-state index contributed by atoms with van der Waals surface area (Å²) >= 11 is 0. The van der Waals surface area contributed by atoms with E-state index in [-0.39, 0.29) is 12.0 Å². The molecule has 2 atom stereocenters. The highest BCUT2D eigenvalue weighted by Crippen LogP contribution is 2.45. The highest BCUT2D eigenvalue weighted by molar-refractivity contribution is 6.07. The predicted molar refractivity (Wildman–Crippen MR) is 64.9 cm³/mol. The smallest absolute Gasteiger partial charge is 0.339 e. The summed E-state index contributed by atoms with van der Waals surface area (Å²) in [5.41, 5.74) is -1.92. The van der Waals surface area contributed by atoms with Gasteiger partial charge in [0.05, 0.1) is 6.10 Å². The van der Waals surface area contributed by atoms with Gasteiger partial charge >= 0.3 is 11.9 Å². The zero-order valence-electron chi connectivity index (χ0n) is 11.4. The maximum Gasteiger partial charge on any atom is 0.339 e. The van der Waals surface area contributed by atoms with Gasteiger partial charge in [0.25, 0.3) is 0 Å². The second-order valence-electron chi connectivity index (χ2n) is 5.88. The molecule has 102 valence electrons. The van der Waals surface area contributed by atoms with E-state index in [1.807, 2.05) is 13.8 Å². The highest BCUT2D eigenvalue weighted by atomic mass is 16.6. The summed E-state index contributed by atoms with van der Waals surface area (Å²) in [4.78, 5) is 24.5. The molecule has 0 radical (unpaired) electrons. The molecule has 0 bridgehead atoms. The third-order valence-electron chi connectivity index (χ3n) is 3.78. The molecule has 0 unspecified atom stereocenters. The van der Waals surface area contributed by atoms with Crippen molar-refractivity contribution in [3.63, 3.8) is 0 Å². The molecule has 2 aliphatic heterocycles. The van der Waals surface area contributed by atoms with Crippen LogP contribution in [0.5, 0.6) is 0 Å². The number of hydrogen-bond donors (Lipinski definition) is 1. The Morgan fingerprint density at radius 3 is 2.78 bits per heavy atom. The Bertz CT molecular complexity index is 377. The average molecular weight is 255 g/mol. The average Bonchev–Trinajstić information content (AvgIpc) is 2.47. The van der Waals surface area contributed by atoms with E-state index in [9.17, 15) is 9.59 Å². The topological polar surface area (TPSA) is 64.6 Å². The molecule has 2 saturated heterocycles. The van der Waals surface area contributed by atoms with Gasteiger partial charge in [-0.25, -0.2) is 9.59 Å². The maximum absolute atomic E-state index is 12.3. The number of piperidine rings is 1. The molecular weight excluding hydrogens is 234 g/mol. The molecule has 0 aliphatic carbocycles. The molecule has 0 amide bonds. The van der Waals surface area contributed by atoms with Gasteiger partial charge in [0, 0.05) is 5.92 Å². The van der Waals surface area contributed by atoms with Crippen LogP contribution in [0.25, 0.3) is 0 Å². The van der Waals surface area contributed by atoms with E-state index >= 15 is 0 Å². The molecule has 5 nitrogen and oxygen atoms in total. The van der Waals surface area contributed by atoms with Crippen molar-refractivity contribution in [2.24, 2.45) is 5.92 Å². The van der Waals surface area contributed by atoms with E-state index < -0.39 is 23.1 Å². The van der Waals surface area contributed by atoms with Crippen molar-refractivity contribution in [3.05, 3.63) is 0 Å². The first-order valence-corrected chi connectivity index (χ1v) is 6.50. The second-order valence-corrected chi connectivity index (χ2v) is 5.88. The number of rotatable bonds is 2. The molecule has 2 rings (SSSR count). The lowest BCUT2D eigenvalue weighted by molar-refractivity contribution is -0.165. The number of nitrogens with one attached hydrogen (secondary N) is 1. The highest BCUT2D eigenvalue weighted by Gasteiger charge is 2.67. The number of cyclic esters (lactones) is 1.